The molecule has 0 bridgehead atoms. The molecule has 1 aliphatic rings. The average Bonchev–Trinajstić information content (AvgIpc) is 3.01. The first-order valence-electron chi connectivity index (χ1n) is 8.18. The molecule has 0 aliphatic carbocycles. The highest BCUT2D eigenvalue weighted by atomic mass is 19.4. The molecular formula is C16H16F6N4O. The smallest absolute Gasteiger partial charge is 0.393 e. The fourth-order valence-electron chi connectivity index (χ4n) is 3.02. The molecule has 27 heavy (non-hydrogen) atoms. The largest absolute Gasteiger partial charge is 0.451 e. The highest BCUT2D eigenvalue weighted by molar-refractivity contribution is 5.20. The van der Waals surface area contributed by atoms with E-state index in [1.54, 1.807) is 4.90 Å². The molecule has 1 atom stereocenters. The number of fused-ring (bicyclic) bond motifs is 1. The molecule has 0 spiro atoms. The lowest BCUT2D eigenvalue weighted by Crippen LogP contribution is -2.37. The first-order chi connectivity index (χ1) is 12.6. The molecule has 148 valence electrons. The monoisotopic (exact) mass is 394 g/mol. The number of halogens is 6. The van der Waals surface area contributed by atoms with E-state index in [9.17, 15) is 31.4 Å². The van der Waals surface area contributed by atoms with Crippen molar-refractivity contribution < 1.29 is 31.4 Å². The number of nitrogens with zero attached hydrogens (tertiary/aromatic N) is 4. The van der Waals surface area contributed by atoms with Crippen molar-refractivity contribution in [1.82, 2.24) is 19.7 Å². The van der Waals surface area contributed by atoms with Crippen molar-refractivity contribution in [3.8, 4) is 0 Å². The van der Waals surface area contributed by atoms with Crippen molar-refractivity contribution in [2.24, 2.45) is 0 Å². The van der Waals surface area contributed by atoms with E-state index in [-0.39, 0.29) is 37.3 Å². The fourth-order valence-corrected chi connectivity index (χ4v) is 3.02. The van der Waals surface area contributed by atoms with Crippen LogP contribution in [0.2, 0.25) is 0 Å². The van der Waals surface area contributed by atoms with Gasteiger partial charge in [-0.05, 0) is 18.1 Å². The molecule has 3 rings (SSSR count). The van der Waals surface area contributed by atoms with Gasteiger partial charge in [-0.2, -0.15) is 13.2 Å². The predicted octanol–water partition coefficient (Wildman–Crippen LogP) is 2.52. The van der Waals surface area contributed by atoms with Gasteiger partial charge < -0.3 is 9.67 Å². The first-order valence-corrected chi connectivity index (χ1v) is 8.18. The lowest BCUT2D eigenvalue weighted by Gasteiger charge is -2.28. The Labute approximate surface area is 150 Å². The van der Waals surface area contributed by atoms with Crippen molar-refractivity contribution in [3.63, 3.8) is 0 Å². The molecule has 1 aliphatic heterocycles. The Balaban J connectivity index is 1.55. The molecule has 0 unspecified atom stereocenters. The SMILES string of the molecule is O[C@H](CCN1CCn2c(nnc2C(F)(F)F)C1)Cc1cc(F)c(F)cc1F. The molecule has 0 radical (unpaired) electrons. The van der Waals surface area contributed by atoms with Gasteiger partial charge in [0.05, 0.1) is 12.6 Å². The van der Waals surface area contributed by atoms with Crippen LogP contribution in [0, 0.1) is 17.5 Å². The molecule has 0 saturated carbocycles. The van der Waals surface area contributed by atoms with E-state index >= 15 is 0 Å². The second-order valence-corrected chi connectivity index (χ2v) is 6.37. The van der Waals surface area contributed by atoms with Crippen molar-refractivity contribution in [1.29, 1.82) is 0 Å². The number of hydrogen-bond acceptors (Lipinski definition) is 4. The number of rotatable bonds is 5. The summed E-state index contributed by atoms with van der Waals surface area (Å²) in [6.07, 6.45) is -5.61. The number of hydrogen-bond donors (Lipinski definition) is 1. The molecule has 1 aromatic heterocycles. The zero-order chi connectivity index (χ0) is 19.8. The number of aliphatic hydroxyl groups excluding tert-OH is 1. The van der Waals surface area contributed by atoms with Crippen molar-refractivity contribution in [2.75, 3.05) is 13.1 Å². The van der Waals surface area contributed by atoms with Crippen molar-refractivity contribution in [2.45, 2.75) is 38.2 Å². The summed E-state index contributed by atoms with van der Waals surface area (Å²) < 4.78 is 79.1. The Morgan fingerprint density at radius 1 is 1.04 bits per heavy atom. The normalized spacial score (nSPS) is 16.4. The van der Waals surface area contributed by atoms with Crippen LogP contribution in [0.5, 0.6) is 0 Å². The van der Waals surface area contributed by atoms with Gasteiger partial charge >= 0.3 is 6.18 Å². The van der Waals surface area contributed by atoms with Crippen LogP contribution in [-0.2, 0) is 25.7 Å². The highest BCUT2D eigenvalue weighted by Gasteiger charge is 2.39. The molecule has 0 saturated heterocycles. The summed E-state index contributed by atoms with van der Waals surface area (Å²) in [5.41, 5.74) is -0.144. The van der Waals surface area contributed by atoms with Crippen LogP contribution in [-0.4, -0.2) is 44.0 Å². The van der Waals surface area contributed by atoms with Gasteiger partial charge in [0.1, 0.15) is 11.6 Å². The van der Waals surface area contributed by atoms with Gasteiger partial charge in [0.2, 0.25) is 5.82 Å². The van der Waals surface area contributed by atoms with Crippen LogP contribution < -0.4 is 0 Å². The maximum absolute atomic E-state index is 13.6. The summed E-state index contributed by atoms with van der Waals surface area (Å²) in [5, 5.41) is 16.8. The fraction of sp³-hybridized carbons (Fsp3) is 0.500. The molecule has 5 nitrogen and oxygen atoms in total. The molecular weight excluding hydrogens is 378 g/mol. The first kappa shape index (κ1) is 19.6. The third-order valence-electron chi connectivity index (χ3n) is 4.41. The lowest BCUT2D eigenvalue weighted by molar-refractivity contribution is -0.148. The molecule has 2 aromatic rings. The molecule has 1 aromatic carbocycles. The van der Waals surface area contributed by atoms with Gasteiger partial charge in [-0.15, -0.1) is 10.2 Å². The van der Waals surface area contributed by atoms with E-state index in [0.717, 1.165) is 4.57 Å². The van der Waals surface area contributed by atoms with Gasteiger partial charge in [0.15, 0.2) is 11.6 Å². The maximum Gasteiger partial charge on any atom is 0.451 e. The molecule has 2 heterocycles. The minimum atomic E-state index is -4.57. The molecule has 0 amide bonds. The Kier molecular flexibility index (Phi) is 5.43. The van der Waals surface area contributed by atoms with Crippen LogP contribution in [0.3, 0.4) is 0 Å². The minimum absolute atomic E-state index is 0.0606. The minimum Gasteiger partial charge on any atom is -0.393 e. The van der Waals surface area contributed by atoms with E-state index in [1.165, 1.54) is 0 Å². The summed E-state index contributed by atoms with van der Waals surface area (Å²) in [5.74, 6) is -4.31. The van der Waals surface area contributed by atoms with E-state index < -0.39 is 35.6 Å². The zero-order valence-electron chi connectivity index (χ0n) is 14.0. The Morgan fingerprint density at radius 2 is 1.74 bits per heavy atom. The Hall–Kier alpha value is -2.14. The Morgan fingerprint density at radius 3 is 2.44 bits per heavy atom. The standard InChI is InChI=1S/C16H16F6N4O/c17-11-7-13(19)12(18)6-9(11)5-10(27)1-2-25-3-4-26-14(8-25)23-24-15(26)16(20,21)22/h6-7,10,27H,1-5,8H2/t10-/m1/s1. The summed E-state index contributed by atoms with van der Waals surface area (Å²) >= 11 is 0. The van der Waals surface area contributed by atoms with E-state index in [1.807, 2.05) is 0 Å². The average molecular weight is 394 g/mol. The van der Waals surface area contributed by atoms with E-state index in [4.69, 9.17) is 0 Å². The van der Waals surface area contributed by atoms with Crippen LogP contribution in [0.4, 0.5) is 26.3 Å². The topological polar surface area (TPSA) is 54.2 Å². The van der Waals surface area contributed by atoms with E-state index in [0.29, 0.717) is 25.2 Å². The Bertz CT molecular complexity index is 822. The van der Waals surface area contributed by atoms with Crippen LogP contribution in [0.25, 0.3) is 0 Å². The van der Waals surface area contributed by atoms with Crippen molar-refractivity contribution >= 4 is 0 Å². The predicted molar refractivity (Wildman–Crippen MR) is 80.9 cm³/mol. The third kappa shape index (κ3) is 4.41. The summed E-state index contributed by atoms with van der Waals surface area (Å²) in [6, 6.07) is 1.13. The van der Waals surface area contributed by atoms with Gasteiger partial charge in [-0.3, -0.25) is 4.90 Å². The van der Waals surface area contributed by atoms with Gasteiger partial charge in [-0.25, -0.2) is 13.2 Å². The maximum atomic E-state index is 13.6. The summed E-state index contributed by atoms with van der Waals surface area (Å²) in [4.78, 5) is 1.79. The molecule has 0 fully saturated rings. The molecule has 1 N–H and O–H groups in total. The lowest BCUT2D eigenvalue weighted by atomic mass is 10.0. The second kappa shape index (κ2) is 7.47. The zero-order valence-corrected chi connectivity index (χ0v) is 14.0. The van der Waals surface area contributed by atoms with E-state index in [2.05, 4.69) is 10.2 Å². The third-order valence-corrected chi connectivity index (χ3v) is 4.41. The number of alkyl halides is 3. The number of aromatic nitrogens is 3. The number of benzene rings is 1. The van der Waals surface area contributed by atoms with Gasteiger partial charge in [0.25, 0.3) is 0 Å². The quantitative estimate of drug-likeness (QED) is 0.626. The van der Waals surface area contributed by atoms with Gasteiger partial charge in [-0.1, -0.05) is 0 Å². The summed E-state index contributed by atoms with van der Waals surface area (Å²) in [6.45, 7) is 0.821. The highest BCUT2D eigenvalue weighted by Crippen LogP contribution is 2.29. The summed E-state index contributed by atoms with van der Waals surface area (Å²) in [7, 11) is 0. The van der Waals surface area contributed by atoms with Crippen LogP contribution in [0.1, 0.15) is 23.6 Å². The van der Waals surface area contributed by atoms with Crippen LogP contribution >= 0.6 is 0 Å². The number of aliphatic hydroxyl groups is 1. The van der Waals surface area contributed by atoms with Crippen molar-refractivity contribution in [3.05, 3.63) is 46.8 Å². The van der Waals surface area contributed by atoms with Crippen LogP contribution in [0.15, 0.2) is 12.1 Å². The molecule has 11 heteroatoms. The van der Waals surface area contributed by atoms with Gasteiger partial charge in [0, 0.05) is 32.1 Å². The second-order valence-electron chi connectivity index (χ2n) is 6.37.